The number of amides is 2. The maximum Gasteiger partial charge on any atom is 0.352 e. The molecule has 0 radical (unpaired) electrons. The second-order valence-corrected chi connectivity index (χ2v) is 10.9. The number of aryl methyl sites for hydroxylation is 1. The number of thiazole rings is 1. The van der Waals surface area contributed by atoms with Crippen LogP contribution in [0.5, 0.6) is 6.01 Å². The van der Waals surface area contributed by atoms with Crippen molar-refractivity contribution < 1.29 is 29.4 Å². The van der Waals surface area contributed by atoms with Gasteiger partial charge in [0.2, 0.25) is 0 Å². The summed E-state index contributed by atoms with van der Waals surface area (Å²) < 4.78 is 1.35. The predicted octanol–water partition coefficient (Wildman–Crippen LogP) is 0.0584. The zero-order valence-electron chi connectivity index (χ0n) is 19.7. The van der Waals surface area contributed by atoms with Crippen LogP contribution in [-0.4, -0.2) is 93.2 Å². The molecule has 0 bridgehead atoms. The highest BCUT2D eigenvalue weighted by Crippen LogP contribution is 2.41. The van der Waals surface area contributed by atoms with E-state index in [1.165, 1.54) is 28.7 Å². The molecule has 1 fully saturated rings. The Morgan fingerprint density at radius 2 is 2.16 bits per heavy atom. The minimum atomic E-state index is -1.27. The van der Waals surface area contributed by atoms with Crippen molar-refractivity contribution in [3.63, 3.8) is 0 Å². The number of aliphatic carboxylic acids is 1. The van der Waals surface area contributed by atoms with Gasteiger partial charge in [-0.1, -0.05) is 16.9 Å². The monoisotopic (exact) mass is 577 g/mol. The van der Waals surface area contributed by atoms with Crippen molar-refractivity contribution in [1.82, 2.24) is 34.8 Å². The number of oxime groups is 1. The lowest BCUT2D eigenvalue weighted by atomic mass is 10.0. The molecule has 5 rings (SSSR count). The largest absolute Gasteiger partial charge is 0.480 e. The van der Waals surface area contributed by atoms with Crippen LogP contribution in [0.3, 0.4) is 0 Å². The molecule has 198 valence electrons. The number of carboxylic acid groups (broad SMARTS) is 1. The Morgan fingerprint density at radius 3 is 2.84 bits per heavy atom. The quantitative estimate of drug-likeness (QED) is 0.121. The average Bonchev–Trinajstić information content (AvgIpc) is 3.49. The molecular formula is C20H19N9O6S3. The van der Waals surface area contributed by atoms with Gasteiger partial charge < -0.3 is 26.1 Å². The summed E-state index contributed by atoms with van der Waals surface area (Å²) in [5.74, 6) is -2.09. The fourth-order valence-corrected chi connectivity index (χ4v) is 6.90. The Morgan fingerprint density at radius 1 is 1.37 bits per heavy atom. The van der Waals surface area contributed by atoms with Crippen LogP contribution in [0.25, 0.3) is 5.65 Å². The highest BCUT2D eigenvalue weighted by Gasteiger charge is 2.54. The molecule has 2 aliphatic heterocycles. The standard InChI is InChI=1S/C20H19N9O6S3/c1-7-3-10-25-26-20(28(10)19(34)22-7)38-5-8-4-36-16-12(15(31)29(16)13(8)17(32)33)24-14(30)11(27-35-2)9-6-37-18(21)23-9/h3,6,12,16H,4-5H2,1-2H3,(H2,21,23)(H,22,34)(H,24,30)(H,32,33)/t12-,16-/m1/s1. The van der Waals surface area contributed by atoms with Crippen LogP contribution in [0, 0.1) is 6.92 Å². The number of rotatable bonds is 8. The molecule has 0 unspecified atom stereocenters. The number of carbonyl (C=O) groups is 3. The minimum absolute atomic E-state index is 0.151. The lowest BCUT2D eigenvalue weighted by Gasteiger charge is -2.49. The van der Waals surface area contributed by atoms with E-state index in [1.807, 2.05) is 0 Å². The molecule has 15 nitrogen and oxygen atoms in total. The Hall–Kier alpha value is -3.90. The van der Waals surface area contributed by atoms with Crippen molar-refractivity contribution in [3.05, 3.63) is 34.1 Å². The van der Waals surface area contributed by atoms with E-state index in [2.05, 4.69) is 30.6 Å². The van der Waals surface area contributed by atoms with Crippen LogP contribution in [0.1, 0.15) is 11.4 Å². The van der Waals surface area contributed by atoms with Gasteiger partial charge in [-0.05, 0) is 12.5 Å². The number of nitrogen functional groups attached to an aromatic ring is 1. The van der Waals surface area contributed by atoms with Gasteiger partial charge in [-0.3, -0.25) is 14.5 Å². The van der Waals surface area contributed by atoms with Gasteiger partial charge in [0.25, 0.3) is 11.8 Å². The predicted molar refractivity (Wildman–Crippen MR) is 138 cm³/mol. The molecule has 18 heteroatoms. The fourth-order valence-electron chi connectivity index (χ4n) is 3.93. The van der Waals surface area contributed by atoms with E-state index < -0.39 is 29.2 Å². The number of aromatic hydroxyl groups is 1. The highest BCUT2D eigenvalue weighted by atomic mass is 32.2. The zero-order chi connectivity index (χ0) is 27.1. The van der Waals surface area contributed by atoms with E-state index in [1.54, 1.807) is 13.0 Å². The van der Waals surface area contributed by atoms with E-state index in [0.29, 0.717) is 22.1 Å². The first-order valence-corrected chi connectivity index (χ1v) is 13.7. The number of nitrogens with two attached hydrogens (primary N) is 1. The van der Waals surface area contributed by atoms with E-state index >= 15 is 0 Å². The highest BCUT2D eigenvalue weighted by molar-refractivity contribution is 8.01. The molecule has 0 spiro atoms. The van der Waals surface area contributed by atoms with Crippen LogP contribution >= 0.6 is 34.9 Å². The lowest BCUT2D eigenvalue weighted by Crippen LogP contribution is -2.71. The van der Waals surface area contributed by atoms with Crippen LogP contribution < -0.4 is 11.1 Å². The molecular weight excluding hydrogens is 558 g/mol. The molecule has 38 heavy (non-hydrogen) atoms. The van der Waals surface area contributed by atoms with E-state index in [-0.39, 0.29) is 39.8 Å². The van der Waals surface area contributed by atoms with Gasteiger partial charge in [0, 0.05) is 28.6 Å². The molecule has 2 aliphatic rings. The average molecular weight is 578 g/mol. The third-order valence-corrected chi connectivity index (χ3v) is 8.58. The van der Waals surface area contributed by atoms with Crippen LogP contribution in [0.2, 0.25) is 0 Å². The number of aromatic nitrogens is 5. The molecule has 0 saturated carbocycles. The van der Waals surface area contributed by atoms with Crippen molar-refractivity contribution in [2.24, 2.45) is 5.16 Å². The van der Waals surface area contributed by atoms with Gasteiger partial charge in [-0.25, -0.2) is 19.2 Å². The number of fused-ring (bicyclic) bond motifs is 2. The molecule has 0 aliphatic carbocycles. The van der Waals surface area contributed by atoms with E-state index in [4.69, 9.17) is 10.6 Å². The molecule has 2 atom stereocenters. The van der Waals surface area contributed by atoms with E-state index in [0.717, 1.165) is 28.0 Å². The van der Waals surface area contributed by atoms with E-state index in [9.17, 15) is 24.6 Å². The maximum atomic E-state index is 13.0. The molecule has 5 heterocycles. The smallest absolute Gasteiger partial charge is 0.352 e. The lowest BCUT2D eigenvalue weighted by molar-refractivity contribution is -0.150. The van der Waals surface area contributed by atoms with Crippen molar-refractivity contribution in [2.75, 3.05) is 24.3 Å². The van der Waals surface area contributed by atoms with Gasteiger partial charge in [0.15, 0.2) is 21.6 Å². The maximum absolute atomic E-state index is 13.0. The molecule has 0 aromatic carbocycles. The number of carbonyl (C=O) groups excluding carboxylic acids is 2. The van der Waals surface area contributed by atoms with Crippen molar-refractivity contribution >= 4 is 69.1 Å². The summed E-state index contributed by atoms with van der Waals surface area (Å²) in [6.07, 6.45) is 0. The summed E-state index contributed by atoms with van der Waals surface area (Å²) in [5, 5.41) is 36.0. The second kappa shape index (κ2) is 10.1. The van der Waals surface area contributed by atoms with Gasteiger partial charge in [-0.2, -0.15) is 0 Å². The summed E-state index contributed by atoms with van der Waals surface area (Å²) in [6.45, 7) is 1.71. The summed E-state index contributed by atoms with van der Waals surface area (Å²) in [5.41, 5.74) is 6.97. The number of anilines is 1. The van der Waals surface area contributed by atoms with Gasteiger partial charge in [-0.15, -0.1) is 33.3 Å². The number of thioether (sulfide) groups is 2. The van der Waals surface area contributed by atoms with Crippen molar-refractivity contribution in [3.8, 4) is 6.01 Å². The van der Waals surface area contributed by atoms with Gasteiger partial charge in [0.1, 0.15) is 29.9 Å². The summed E-state index contributed by atoms with van der Waals surface area (Å²) in [4.78, 5) is 52.0. The summed E-state index contributed by atoms with van der Waals surface area (Å²) >= 11 is 3.58. The number of nitrogens with one attached hydrogen (secondary N) is 1. The molecule has 3 aromatic heterocycles. The Balaban J connectivity index is 1.33. The van der Waals surface area contributed by atoms with Crippen LogP contribution in [0.15, 0.2) is 33.0 Å². The van der Waals surface area contributed by atoms with Gasteiger partial charge >= 0.3 is 12.0 Å². The minimum Gasteiger partial charge on any atom is -0.480 e. The Bertz CT molecular complexity index is 1530. The molecule has 3 aromatic rings. The zero-order valence-corrected chi connectivity index (χ0v) is 22.1. The first kappa shape index (κ1) is 25.7. The second-order valence-electron chi connectivity index (χ2n) is 7.97. The normalized spacial score (nSPS) is 19.4. The topological polar surface area (TPSA) is 211 Å². The Kier molecular flexibility index (Phi) is 6.84. The number of hydrogen-bond acceptors (Lipinski definition) is 14. The van der Waals surface area contributed by atoms with Gasteiger partial charge in [0.05, 0.1) is 0 Å². The fraction of sp³-hybridized carbons (Fsp3) is 0.300. The first-order valence-electron chi connectivity index (χ1n) is 10.8. The Labute approximate surface area is 226 Å². The third kappa shape index (κ3) is 4.50. The number of β-lactam (4-membered cyclic amide) rings is 1. The molecule has 2 amide bonds. The number of nitrogens with zero attached hydrogens (tertiary/aromatic N) is 7. The number of hydrogen-bond donors (Lipinski definition) is 4. The summed E-state index contributed by atoms with van der Waals surface area (Å²) in [7, 11) is 1.26. The van der Waals surface area contributed by atoms with Crippen molar-refractivity contribution in [1.29, 1.82) is 0 Å². The summed E-state index contributed by atoms with van der Waals surface area (Å²) in [6, 6.07) is 0.394. The molecule has 5 N–H and O–H groups in total. The number of carboxylic acids is 1. The molecule has 1 saturated heterocycles. The van der Waals surface area contributed by atoms with Crippen LogP contribution in [0.4, 0.5) is 5.13 Å². The third-order valence-electron chi connectivity index (χ3n) is 5.55. The first-order chi connectivity index (χ1) is 18.2. The van der Waals surface area contributed by atoms with Crippen molar-refractivity contribution in [2.45, 2.75) is 23.5 Å². The van der Waals surface area contributed by atoms with Crippen LogP contribution in [-0.2, 0) is 19.2 Å². The SMILES string of the molecule is CON=C(C(=O)N[C@@H]1C(=O)N2C(C(=O)O)=C(CSc3nnc4cc(C)nc(O)n34)CS[C@H]12)c1csc(N)n1.